The van der Waals surface area contributed by atoms with E-state index >= 15 is 0 Å². The van der Waals surface area contributed by atoms with Gasteiger partial charge in [-0.1, -0.05) is 24.6 Å². The van der Waals surface area contributed by atoms with Crippen molar-refractivity contribution in [3.8, 4) is 16.9 Å². The van der Waals surface area contributed by atoms with Gasteiger partial charge in [-0.25, -0.2) is 0 Å². The van der Waals surface area contributed by atoms with Crippen molar-refractivity contribution < 1.29 is 14.3 Å². The summed E-state index contributed by atoms with van der Waals surface area (Å²) in [6.45, 7) is 2.47. The Kier molecular flexibility index (Phi) is 8.93. The topological polar surface area (TPSA) is 83.6 Å². The Morgan fingerprint density at radius 2 is 2.09 bits per heavy atom. The summed E-state index contributed by atoms with van der Waals surface area (Å²) in [6, 6.07) is 9.23. The summed E-state index contributed by atoms with van der Waals surface area (Å²) < 4.78 is 6.07. The van der Waals surface area contributed by atoms with Crippen LogP contribution >= 0.6 is 11.8 Å². The maximum atomic E-state index is 12.9. The van der Waals surface area contributed by atoms with Crippen LogP contribution in [-0.4, -0.2) is 66.8 Å². The summed E-state index contributed by atoms with van der Waals surface area (Å²) in [7, 11) is 3.66. The van der Waals surface area contributed by atoms with Crippen LogP contribution < -0.4 is 15.4 Å². The molecule has 2 bridgehead atoms. The predicted octanol–water partition coefficient (Wildman–Crippen LogP) is 2.95. The number of hydrogen-bond donors (Lipinski definition) is 2. The number of likely N-dealkylation sites (N-methyl/N-ethyl adjacent to an activating group) is 1. The predicted molar refractivity (Wildman–Crippen MR) is 128 cm³/mol. The van der Waals surface area contributed by atoms with Crippen LogP contribution in [0.1, 0.15) is 26.2 Å². The minimum absolute atomic E-state index is 0.153. The first kappa shape index (κ1) is 24.1. The lowest BCUT2D eigenvalue weighted by Crippen LogP contribution is -2.51. The van der Waals surface area contributed by atoms with E-state index in [4.69, 9.17) is 4.74 Å². The summed E-state index contributed by atoms with van der Waals surface area (Å²) in [5.74, 6) is 1.34. The number of aromatic nitrogens is 1. The lowest BCUT2D eigenvalue weighted by Gasteiger charge is -2.23. The molecule has 0 unspecified atom stereocenters. The average molecular weight is 457 g/mol. The third-order valence-corrected chi connectivity index (χ3v) is 6.11. The fourth-order valence-corrected chi connectivity index (χ4v) is 4.44. The molecule has 1 aromatic carbocycles. The number of carbonyl (C=O) groups excluding carboxylic acids is 2. The van der Waals surface area contributed by atoms with E-state index in [1.807, 2.05) is 57.7 Å². The van der Waals surface area contributed by atoms with Crippen LogP contribution in [0.4, 0.5) is 0 Å². The summed E-state index contributed by atoms with van der Waals surface area (Å²) >= 11 is 1.75. The zero-order chi connectivity index (χ0) is 22.9. The normalized spacial score (nSPS) is 20.1. The van der Waals surface area contributed by atoms with Gasteiger partial charge in [0, 0.05) is 28.4 Å². The molecule has 0 saturated carbocycles. The Balaban J connectivity index is 1.78. The maximum Gasteiger partial charge on any atom is 0.242 e. The third kappa shape index (κ3) is 7.24. The van der Waals surface area contributed by atoms with Gasteiger partial charge >= 0.3 is 0 Å². The van der Waals surface area contributed by atoms with Crippen molar-refractivity contribution >= 4 is 23.6 Å². The number of rotatable bonds is 3. The Labute approximate surface area is 194 Å². The minimum Gasteiger partial charge on any atom is -0.491 e. The van der Waals surface area contributed by atoms with Gasteiger partial charge in [0.15, 0.2) is 0 Å². The van der Waals surface area contributed by atoms with E-state index in [1.165, 1.54) is 0 Å². The van der Waals surface area contributed by atoms with Gasteiger partial charge in [0.2, 0.25) is 11.8 Å². The number of fused-ring (bicyclic) bond motifs is 4. The summed E-state index contributed by atoms with van der Waals surface area (Å²) in [4.78, 5) is 32.5. The van der Waals surface area contributed by atoms with Crippen molar-refractivity contribution in [2.24, 2.45) is 0 Å². The van der Waals surface area contributed by atoms with Gasteiger partial charge in [-0.05, 0) is 51.7 Å². The SMILES string of the molecule is C[C@@H]1COc2ccccc2-c2cncc(c2)SCCCC[C@H](NC(=O)CN(C)C)C(=O)N1. The van der Waals surface area contributed by atoms with E-state index < -0.39 is 6.04 Å². The monoisotopic (exact) mass is 456 g/mol. The molecule has 0 fully saturated rings. The standard InChI is InChI=1S/C24H32N4O3S/c1-17-16-31-22-10-5-4-8-20(22)18-12-19(14-25-13-18)32-11-7-6-9-21(24(30)26-17)27-23(29)15-28(2)3/h4-5,8,10,12-14,17,21H,6-7,9,11,15-16H2,1-3H3,(H,26,30)(H,27,29)/t17-,21+/m1/s1. The summed E-state index contributed by atoms with van der Waals surface area (Å²) in [5.41, 5.74) is 1.99. The molecule has 2 amide bonds. The molecule has 8 heteroatoms. The molecule has 0 radical (unpaired) electrons. The average Bonchev–Trinajstić information content (AvgIpc) is 2.76. The highest BCUT2D eigenvalue weighted by Crippen LogP contribution is 2.32. The van der Waals surface area contributed by atoms with Crippen molar-refractivity contribution in [3.63, 3.8) is 0 Å². The zero-order valence-electron chi connectivity index (χ0n) is 19.0. The summed E-state index contributed by atoms with van der Waals surface area (Å²) in [5, 5.41) is 5.89. The number of thioether (sulfide) groups is 1. The number of benzene rings is 1. The smallest absolute Gasteiger partial charge is 0.242 e. The second-order valence-electron chi connectivity index (χ2n) is 8.33. The van der Waals surface area contributed by atoms with E-state index in [0.717, 1.165) is 40.4 Å². The number of amides is 2. The molecular weight excluding hydrogens is 424 g/mol. The van der Waals surface area contributed by atoms with Crippen LogP contribution in [-0.2, 0) is 9.59 Å². The minimum atomic E-state index is -0.555. The molecule has 2 N–H and O–H groups in total. The van der Waals surface area contributed by atoms with Crippen molar-refractivity contribution in [3.05, 3.63) is 42.7 Å². The maximum absolute atomic E-state index is 12.9. The van der Waals surface area contributed by atoms with Crippen molar-refractivity contribution in [2.45, 2.75) is 43.2 Å². The Bertz CT molecular complexity index is 922. The number of nitrogens with one attached hydrogen (secondary N) is 2. The second kappa shape index (κ2) is 11.9. The molecule has 2 atom stereocenters. The van der Waals surface area contributed by atoms with E-state index in [1.54, 1.807) is 16.7 Å². The van der Waals surface area contributed by atoms with Crippen LogP contribution in [0, 0.1) is 0 Å². The molecule has 32 heavy (non-hydrogen) atoms. The van der Waals surface area contributed by atoms with Gasteiger partial charge in [0.05, 0.1) is 12.6 Å². The van der Waals surface area contributed by atoms with Crippen LogP contribution in [0.2, 0.25) is 0 Å². The Hall–Kier alpha value is -2.58. The van der Waals surface area contributed by atoms with Crippen LogP contribution in [0.25, 0.3) is 11.1 Å². The first-order chi connectivity index (χ1) is 15.4. The second-order valence-corrected chi connectivity index (χ2v) is 9.50. The zero-order valence-corrected chi connectivity index (χ0v) is 19.8. The van der Waals surface area contributed by atoms with E-state index in [-0.39, 0.29) is 24.4 Å². The third-order valence-electron chi connectivity index (χ3n) is 5.06. The molecule has 1 aromatic heterocycles. The van der Waals surface area contributed by atoms with Gasteiger partial charge in [-0.2, -0.15) is 0 Å². The van der Waals surface area contributed by atoms with Gasteiger partial charge in [0.1, 0.15) is 18.4 Å². The highest BCUT2D eigenvalue weighted by Gasteiger charge is 2.22. The number of ether oxygens (including phenoxy) is 1. The molecule has 172 valence electrons. The first-order valence-corrected chi connectivity index (χ1v) is 12.0. The van der Waals surface area contributed by atoms with Crippen LogP contribution in [0.5, 0.6) is 5.75 Å². The molecule has 3 rings (SSSR count). The molecular formula is C24H32N4O3S. The molecule has 0 spiro atoms. The van der Waals surface area contributed by atoms with E-state index in [9.17, 15) is 9.59 Å². The van der Waals surface area contributed by atoms with Crippen LogP contribution in [0.15, 0.2) is 47.6 Å². The molecule has 2 heterocycles. The Morgan fingerprint density at radius 1 is 1.28 bits per heavy atom. The molecule has 7 nitrogen and oxygen atoms in total. The van der Waals surface area contributed by atoms with E-state index in [0.29, 0.717) is 13.0 Å². The molecule has 1 aliphatic heterocycles. The number of carbonyl (C=O) groups is 2. The Morgan fingerprint density at radius 3 is 2.91 bits per heavy atom. The first-order valence-electron chi connectivity index (χ1n) is 11.0. The van der Waals surface area contributed by atoms with E-state index in [2.05, 4.69) is 21.7 Å². The lowest BCUT2D eigenvalue weighted by atomic mass is 10.1. The van der Waals surface area contributed by atoms with Gasteiger partial charge in [0.25, 0.3) is 0 Å². The number of hydrogen-bond acceptors (Lipinski definition) is 6. The number of nitrogens with zero attached hydrogens (tertiary/aromatic N) is 2. The van der Waals surface area contributed by atoms with Gasteiger partial charge in [-0.15, -0.1) is 11.8 Å². The van der Waals surface area contributed by atoms with Gasteiger partial charge in [-0.3, -0.25) is 14.6 Å². The van der Waals surface area contributed by atoms with Crippen molar-refractivity contribution in [1.29, 1.82) is 0 Å². The summed E-state index contributed by atoms with van der Waals surface area (Å²) in [6.07, 6.45) is 6.11. The molecule has 2 aromatic rings. The fourth-order valence-electron chi connectivity index (χ4n) is 3.51. The highest BCUT2D eigenvalue weighted by atomic mass is 32.2. The molecule has 0 saturated heterocycles. The molecule has 1 aliphatic rings. The number of para-hydroxylation sites is 1. The fraction of sp³-hybridized carbons (Fsp3) is 0.458. The van der Waals surface area contributed by atoms with Crippen molar-refractivity contribution in [1.82, 2.24) is 20.5 Å². The largest absolute Gasteiger partial charge is 0.491 e. The number of pyridine rings is 1. The quantitative estimate of drug-likeness (QED) is 0.739. The van der Waals surface area contributed by atoms with Crippen molar-refractivity contribution in [2.75, 3.05) is 33.0 Å². The van der Waals surface area contributed by atoms with Crippen LogP contribution in [0.3, 0.4) is 0 Å². The highest BCUT2D eigenvalue weighted by molar-refractivity contribution is 7.99. The van der Waals surface area contributed by atoms with Gasteiger partial charge < -0.3 is 20.3 Å². The molecule has 0 aliphatic carbocycles. The lowest BCUT2D eigenvalue weighted by molar-refractivity contribution is -0.130.